The second-order valence-electron chi connectivity index (χ2n) is 6.57. The van der Waals surface area contributed by atoms with Crippen molar-refractivity contribution in [3.8, 4) is 0 Å². The summed E-state index contributed by atoms with van der Waals surface area (Å²) in [4.78, 5) is 3.73. The van der Waals surface area contributed by atoms with Crippen molar-refractivity contribution in [1.29, 1.82) is 0 Å². The number of anilines is 3. The Kier molecular flexibility index (Phi) is 4.63. The molecule has 2 nitrogen and oxygen atoms in total. The Bertz CT molecular complexity index is 950. The van der Waals surface area contributed by atoms with E-state index in [4.69, 9.17) is 5.73 Å². The van der Waals surface area contributed by atoms with Crippen LogP contribution in [0.2, 0.25) is 0 Å². The van der Waals surface area contributed by atoms with Gasteiger partial charge in [0.05, 0.1) is 5.69 Å². The van der Waals surface area contributed by atoms with Crippen molar-refractivity contribution in [2.24, 2.45) is 0 Å². The van der Waals surface area contributed by atoms with Gasteiger partial charge in [-0.3, -0.25) is 0 Å². The van der Waals surface area contributed by atoms with Crippen LogP contribution >= 0.6 is 11.3 Å². The number of fused-ring (bicyclic) bond motifs is 1. The minimum Gasteiger partial charge on any atom is -0.399 e. The van der Waals surface area contributed by atoms with E-state index in [1.807, 2.05) is 23.5 Å². The average molecular weight is 359 g/mol. The van der Waals surface area contributed by atoms with E-state index < -0.39 is 0 Å². The number of nitrogen functional groups attached to an aromatic ring is 1. The molecule has 0 saturated heterocycles. The predicted octanol–water partition coefficient (Wildman–Crippen LogP) is 6.18. The minimum atomic E-state index is 0.785. The molecule has 0 unspecified atom stereocenters. The van der Waals surface area contributed by atoms with Gasteiger partial charge in [0, 0.05) is 21.9 Å². The zero-order valence-corrected chi connectivity index (χ0v) is 15.7. The molecule has 2 aromatic carbocycles. The lowest BCUT2D eigenvalue weighted by Crippen LogP contribution is -2.15. The van der Waals surface area contributed by atoms with E-state index in [0.29, 0.717) is 0 Å². The number of nitrogens with zero attached hydrogens (tertiary/aromatic N) is 1. The van der Waals surface area contributed by atoms with Gasteiger partial charge < -0.3 is 10.6 Å². The van der Waals surface area contributed by atoms with Crippen LogP contribution in [-0.4, -0.2) is 0 Å². The summed E-state index contributed by atoms with van der Waals surface area (Å²) in [5, 5.41) is 2.15. The quantitative estimate of drug-likeness (QED) is 0.564. The third kappa shape index (κ3) is 3.44. The van der Waals surface area contributed by atoms with Crippen LogP contribution in [0.25, 0.3) is 6.08 Å². The molecule has 0 spiro atoms. The van der Waals surface area contributed by atoms with Gasteiger partial charge in [0.1, 0.15) is 0 Å². The summed E-state index contributed by atoms with van der Waals surface area (Å²) < 4.78 is 0. The van der Waals surface area contributed by atoms with Crippen molar-refractivity contribution in [2.75, 3.05) is 10.6 Å². The van der Waals surface area contributed by atoms with E-state index in [1.54, 1.807) is 0 Å². The van der Waals surface area contributed by atoms with Crippen LogP contribution in [0.1, 0.15) is 22.9 Å². The van der Waals surface area contributed by atoms with Crippen molar-refractivity contribution >= 4 is 34.5 Å². The Morgan fingerprint density at radius 1 is 1.00 bits per heavy atom. The van der Waals surface area contributed by atoms with Crippen molar-refractivity contribution in [2.45, 2.75) is 19.8 Å². The molecule has 1 aliphatic rings. The molecule has 2 N–H and O–H groups in total. The molecule has 0 atom stereocenters. The molecule has 3 heteroatoms. The third-order valence-electron chi connectivity index (χ3n) is 4.69. The van der Waals surface area contributed by atoms with E-state index in [0.717, 1.165) is 24.2 Å². The van der Waals surface area contributed by atoms with Crippen molar-refractivity contribution in [3.05, 3.63) is 93.8 Å². The fourth-order valence-electron chi connectivity index (χ4n) is 3.34. The molecule has 0 amide bonds. The average Bonchev–Trinajstić information content (AvgIpc) is 3.11. The highest BCUT2D eigenvalue weighted by Gasteiger charge is 2.16. The smallest absolute Gasteiger partial charge is 0.0530 e. The van der Waals surface area contributed by atoms with Gasteiger partial charge in [-0.25, -0.2) is 0 Å². The van der Waals surface area contributed by atoms with Gasteiger partial charge in [0.25, 0.3) is 0 Å². The summed E-state index contributed by atoms with van der Waals surface area (Å²) in [7, 11) is 0. The summed E-state index contributed by atoms with van der Waals surface area (Å²) in [6.45, 7) is 2.14. The highest BCUT2D eigenvalue weighted by atomic mass is 32.1. The van der Waals surface area contributed by atoms with E-state index in [2.05, 4.69) is 77.9 Å². The first-order chi connectivity index (χ1) is 12.7. The second-order valence-corrected chi connectivity index (χ2v) is 7.60. The maximum absolute atomic E-state index is 5.87. The van der Waals surface area contributed by atoms with Gasteiger partial charge in [0.15, 0.2) is 0 Å². The van der Waals surface area contributed by atoms with E-state index in [1.165, 1.54) is 27.4 Å². The maximum atomic E-state index is 5.87. The van der Waals surface area contributed by atoms with Gasteiger partial charge in [-0.15, -0.1) is 11.3 Å². The molecule has 1 aromatic heterocycles. The van der Waals surface area contributed by atoms with Crippen LogP contribution < -0.4 is 10.6 Å². The lowest BCUT2D eigenvalue weighted by molar-refractivity contribution is 0.979. The first kappa shape index (κ1) is 16.7. The summed E-state index contributed by atoms with van der Waals surface area (Å²) in [5.74, 6) is 0. The monoisotopic (exact) mass is 358 g/mol. The Labute approximate surface area is 158 Å². The lowest BCUT2D eigenvalue weighted by atomic mass is 10.0. The number of thiophene rings is 1. The first-order valence-electron chi connectivity index (χ1n) is 8.87. The molecule has 2 heterocycles. The largest absolute Gasteiger partial charge is 0.399 e. The van der Waals surface area contributed by atoms with Crippen LogP contribution in [0.5, 0.6) is 0 Å². The fourth-order valence-corrected chi connectivity index (χ4v) is 4.05. The van der Waals surface area contributed by atoms with Gasteiger partial charge in [-0.2, -0.15) is 0 Å². The molecular weight excluding hydrogens is 336 g/mol. The molecule has 1 aliphatic heterocycles. The zero-order valence-electron chi connectivity index (χ0n) is 14.9. The molecule has 26 heavy (non-hydrogen) atoms. The van der Waals surface area contributed by atoms with Gasteiger partial charge >= 0.3 is 0 Å². The van der Waals surface area contributed by atoms with Crippen LogP contribution in [0, 0.1) is 0 Å². The van der Waals surface area contributed by atoms with Gasteiger partial charge in [0.2, 0.25) is 0 Å². The molecule has 3 aromatic rings. The number of aryl methyl sites for hydroxylation is 2. The Hall–Kier alpha value is -2.78. The number of hydrogen-bond acceptors (Lipinski definition) is 3. The zero-order chi connectivity index (χ0) is 17.9. The molecule has 130 valence electrons. The summed E-state index contributed by atoms with van der Waals surface area (Å²) in [6.07, 6.45) is 8.65. The lowest BCUT2D eigenvalue weighted by Gasteiger charge is -2.27. The number of hydrogen-bond donors (Lipinski definition) is 1. The van der Waals surface area contributed by atoms with Crippen molar-refractivity contribution in [3.63, 3.8) is 0 Å². The Morgan fingerprint density at radius 3 is 2.62 bits per heavy atom. The van der Waals surface area contributed by atoms with E-state index in [-0.39, 0.29) is 0 Å². The van der Waals surface area contributed by atoms with Gasteiger partial charge in [-0.05, 0) is 84.8 Å². The molecule has 0 bridgehead atoms. The second kappa shape index (κ2) is 7.22. The number of benzene rings is 2. The van der Waals surface area contributed by atoms with E-state index in [9.17, 15) is 0 Å². The Morgan fingerprint density at radius 2 is 1.85 bits per heavy atom. The topological polar surface area (TPSA) is 29.3 Å². The fraction of sp³-hybridized carbons (Fsp3) is 0.130. The van der Waals surface area contributed by atoms with Crippen molar-refractivity contribution < 1.29 is 0 Å². The standard InChI is InChI=1S/C23H22N2S/c1-17-4-2-5-19-16-18(7-13-22-6-3-15-26-22)8-14-23(19)25(17)21-11-9-20(24)10-12-21/h2-6,8-12,14-16H,7,13,24H2,1H3. The number of allylic oxidation sites excluding steroid dienone is 3. The molecule has 0 saturated carbocycles. The summed E-state index contributed by atoms with van der Waals surface area (Å²) in [5.41, 5.74) is 12.8. The van der Waals surface area contributed by atoms with Gasteiger partial charge in [-0.1, -0.05) is 24.3 Å². The molecule has 4 rings (SSSR count). The molecule has 0 aliphatic carbocycles. The Balaban J connectivity index is 1.66. The third-order valence-corrected chi connectivity index (χ3v) is 5.63. The summed E-state index contributed by atoms with van der Waals surface area (Å²) >= 11 is 1.83. The van der Waals surface area contributed by atoms with Crippen LogP contribution in [-0.2, 0) is 12.8 Å². The highest BCUT2D eigenvalue weighted by molar-refractivity contribution is 7.09. The number of nitrogens with two attached hydrogens (primary N) is 1. The van der Waals surface area contributed by atoms with Crippen molar-refractivity contribution in [1.82, 2.24) is 0 Å². The molecule has 0 radical (unpaired) electrons. The highest BCUT2D eigenvalue weighted by Crippen LogP contribution is 2.36. The summed E-state index contributed by atoms with van der Waals surface area (Å²) in [6, 6.07) is 19.2. The maximum Gasteiger partial charge on any atom is 0.0530 e. The molecule has 0 fully saturated rings. The first-order valence-corrected chi connectivity index (χ1v) is 9.74. The molecular formula is C23H22N2S. The van der Waals surface area contributed by atoms with Crippen LogP contribution in [0.4, 0.5) is 17.1 Å². The normalized spacial score (nSPS) is 13.3. The van der Waals surface area contributed by atoms with Crippen LogP contribution in [0.3, 0.4) is 0 Å². The number of rotatable bonds is 4. The van der Waals surface area contributed by atoms with E-state index >= 15 is 0 Å². The predicted molar refractivity (Wildman–Crippen MR) is 114 cm³/mol. The minimum absolute atomic E-state index is 0.785. The SMILES string of the molecule is CC1=CC=Cc2cc(CCc3cccs3)ccc2N1c1ccc(N)cc1. The van der Waals surface area contributed by atoms with Crippen LogP contribution in [0.15, 0.2) is 77.8 Å².